The highest BCUT2D eigenvalue weighted by Gasteiger charge is 2.17. The number of halogens is 1. The van der Waals surface area contributed by atoms with Crippen molar-refractivity contribution in [1.29, 1.82) is 0 Å². The molecule has 0 amide bonds. The highest BCUT2D eigenvalue weighted by Crippen LogP contribution is 2.41. The number of hydrogen-bond donors (Lipinski definition) is 0. The zero-order chi connectivity index (χ0) is 18.1. The standard InChI is InChI=1S/C19H15BrO5/c1-10-8-15(24-12(3)22)9-16-17(20)19(25-18(10)16)13-4-6-14(7-5-13)23-11(2)21/h4-9H,1-3H3. The third-order valence-electron chi connectivity index (χ3n) is 3.53. The van der Waals surface area contributed by atoms with Crippen LogP contribution in [0, 0.1) is 6.92 Å². The number of aryl methyl sites for hydroxylation is 1. The van der Waals surface area contributed by atoms with Crippen LogP contribution in [-0.4, -0.2) is 11.9 Å². The van der Waals surface area contributed by atoms with E-state index in [0.29, 0.717) is 22.8 Å². The van der Waals surface area contributed by atoms with Gasteiger partial charge in [0.15, 0.2) is 0 Å². The molecule has 25 heavy (non-hydrogen) atoms. The summed E-state index contributed by atoms with van der Waals surface area (Å²) in [6, 6.07) is 10.5. The zero-order valence-corrected chi connectivity index (χ0v) is 15.5. The fourth-order valence-electron chi connectivity index (χ4n) is 2.56. The van der Waals surface area contributed by atoms with Gasteiger partial charge in [0.25, 0.3) is 0 Å². The van der Waals surface area contributed by atoms with Crippen LogP contribution in [0.25, 0.3) is 22.3 Å². The Kier molecular flexibility index (Phi) is 4.63. The summed E-state index contributed by atoms with van der Waals surface area (Å²) in [5.74, 6) is 0.839. The van der Waals surface area contributed by atoms with Gasteiger partial charge in [-0.2, -0.15) is 0 Å². The number of carbonyl (C=O) groups is 2. The molecule has 0 saturated carbocycles. The average molecular weight is 403 g/mol. The molecule has 1 heterocycles. The lowest BCUT2D eigenvalue weighted by Crippen LogP contribution is -2.01. The van der Waals surface area contributed by atoms with E-state index in [-0.39, 0.29) is 11.9 Å². The molecule has 3 rings (SSSR count). The van der Waals surface area contributed by atoms with E-state index < -0.39 is 0 Å². The summed E-state index contributed by atoms with van der Waals surface area (Å²) in [7, 11) is 0. The number of hydrogen-bond acceptors (Lipinski definition) is 5. The molecule has 0 aliphatic heterocycles. The van der Waals surface area contributed by atoms with Gasteiger partial charge in [-0.25, -0.2) is 0 Å². The van der Waals surface area contributed by atoms with Crippen LogP contribution in [0.3, 0.4) is 0 Å². The summed E-state index contributed by atoms with van der Waals surface area (Å²) >= 11 is 3.56. The van der Waals surface area contributed by atoms with Gasteiger partial charge in [0.05, 0.1) is 4.47 Å². The number of furan rings is 1. The number of rotatable bonds is 3. The third-order valence-corrected chi connectivity index (χ3v) is 4.32. The van der Waals surface area contributed by atoms with Crippen LogP contribution in [0.1, 0.15) is 19.4 Å². The van der Waals surface area contributed by atoms with Crippen molar-refractivity contribution in [2.75, 3.05) is 0 Å². The Bertz CT molecular complexity index is 970. The number of esters is 2. The Morgan fingerprint density at radius 3 is 2.16 bits per heavy atom. The maximum absolute atomic E-state index is 11.2. The minimum absolute atomic E-state index is 0.369. The van der Waals surface area contributed by atoms with Gasteiger partial charge in [-0.1, -0.05) is 0 Å². The molecule has 128 valence electrons. The number of carbonyl (C=O) groups excluding carboxylic acids is 2. The van der Waals surface area contributed by atoms with Crippen molar-refractivity contribution in [2.45, 2.75) is 20.8 Å². The van der Waals surface area contributed by atoms with Crippen LogP contribution in [0.2, 0.25) is 0 Å². The van der Waals surface area contributed by atoms with Crippen LogP contribution in [-0.2, 0) is 9.59 Å². The molecule has 3 aromatic rings. The molecule has 0 saturated heterocycles. The van der Waals surface area contributed by atoms with Crippen molar-refractivity contribution in [1.82, 2.24) is 0 Å². The summed E-state index contributed by atoms with van der Waals surface area (Å²) in [4.78, 5) is 22.2. The highest BCUT2D eigenvalue weighted by atomic mass is 79.9. The largest absolute Gasteiger partial charge is 0.455 e. The minimum atomic E-state index is -0.375. The maximum atomic E-state index is 11.2. The molecule has 6 heteroatoms. The fourth-order valence-corrected chi connectivity index (χ4v) is 3.16. The molecule has 0 radical (unpaired) electrons. The van der Waals surface area contributed by atoms with E-state index in [1.165, 1.54) is 13.8 Å². The molecule has 5 nitrogen and oxygen atoms in total. The van der Waals surface area contributed by atoms with E-state index in [4.69, 9.17) is 13.9 Å². The van der Waals surface area contributed by atoms with Crippen molar-refractivity contribution >= 4 is 38.8 Å². The maximum Gasteiger partial charge on any atom is 0.308 e. The van der Waals surface area contributed by atoms with Gasteiger partial charge in [-0.05, 0) is 64.8 Å². The van der Waals surface area contributed by atoms with E-state index >= 15 is 0 Å². The molecule has 0 bridgehead atoms. The Hall–Kier alpha value is -2.60. The van der Waals surface area contributed by atoms with Gasteiger partial charge >= 0.3 is 11.9 Å². The van der Waals surface area contributed by atoms with Crippen LogP contribution in [0.5, 0.6) is 11.5 Å². The van der Waals surface area contributed by atoms with E-state index in [1.54, 1.807) is 24.3 Å². The minimum Gasteiger partial charge on any atom is -0.455 e. The van der Waals surface area contributed by atoms with E-state index in [9.17, 15) is 9.59 Å². The Morgan fingerprint density at radius 2 is 1.56 bits per heavy atom. The average Bonchev–Trinajstić information content (AvgIpc) is 2.85. The topological polar surface area (TPSA) is 65.7 Å². The molecule has 0 aliphatic rings. The third kappa shape index (κ3) is 3.58. The molecule has 0 spiro atoms. The van der Waals surface area contributed by atoms with Crippen LogP contribution < -0.4 is 9.47 Å². The first-order chi connectivity index (χ1) is 11.8. The second-order valence-corrected chi connectivity index (χ2v) is 6.37. The van der Waals surface area contributed by atoms with E-state index in [1.807, 2.05) is 19.1 Å². The summed E-state index contributed by atoms with van der Waals surface area (Å²) in [5.41, 5.74) is 2.39. The second kappa shape index (κ2) is 6.72. The monoisotopic (exact) mass is 402 g/mol. The highest BCUT2D eigenvalue weighted by molar-refractivity contribution is 9.10. The van der Waals surface area contributed by atoms with E-state index in [2.05, 4.69) is 15.9 Å². The molecule has 0 N–H and O–H groups in total. The van der Waals surface area contributed by atoms with Gasteiger partial charge in [-0.15, -0.1) is 0 Å². The van der Waals surface area contributed by atoms with E-state index in [0.717, 1.165) is 21.0 Å². The van der Waals surface area contributed by atoms with Crippen molar-refractivity contribution in [3.63, 3.8) is 0 Å². The number of ether oxygens (including phenoxy) is 2. The second-order valence-electron chi connectivity index (χ2n) is 5.57. The van der Waals surface area contributed by atoms with Gasteiger partial charge < -0.3 is 13.9 Å². The first-order valence-electron chi connectivity index (χ1n) is 7.55. The first kappa shape index (κ1) is 17.2. The van der Waals surface area contributed by atoms with Crippen molar-refractivity contribution in [3.8, 4) is 22.8 Å². The molecule has 1 aromatic heterocycles. The fraction of sp³-hybridized carbons (Fsp3) is 0.158. The molecular weight excluding hydrogens is 388 g/mol. The lowest BCUT2D eigenvalue weighted by atomic mass is 10.1. The lowest BCUT2D eigenvalue weighted by molar-refractivity contribution is -0.132. The van der Waals surface area contributed by atoms with Gasteiger partial charge in [0.2, 0.25) is 0 Å². The normalized spacial score (nSPS) is 10.7. The number of fused-ring (bicyclic) bond motifs is 1. The Morgan fingerprint density at radius 1 is 0.960 bits per heavy atom. The summed E-state index contributed by atoms with van der Waals surface area (Å²) in [6.07, 6.45) is 0. The smallest absolute Gasteiger partial charge is 0.308 e. The lowest BCUT2D eigenvalue weighted by Gasteiger charge is -2.02. The summed E-state index contributed by atoms with van der Waals surface area (Å²) in [6.45, 7) is 4.60. The van der Waals surface area contributed by atoms with Gasteiger partial charge in [0.1, 0.15) is 22.8 Å². The quantitative estimate of drug-likeness (QED) is 0.454. The first-order valence-corrected chi connectivity index (χ1v) is 8.34. The predicted octanol–water partition coefficient (Wildman–Crippen LogP) is 5.02. The predicted molar refractivity (Wildman–Crippen MR) is 96.7 cm³/mol. The summed E-state index contributed by atoms with van der Waals surface area (Å²) < 4.78 is 17.0. The SMILES string of the molecule is CC(=O)Oc1ccc(-c2oc3c(C)cc(OC(C)=O)cc3c2Br)cc1. The Labute approximate surface area is 152 Å². The molecule has 2 aromatic carbocycles. The van der Waals surface area contributed by atoms with Crippen molar-refractivity contribution < 1.29 is 23.5 Å². The molecular formula is C19H15BrO5. The van der Waals surface area contributed by atoms with Crippen molar-refractivity contribution in [3.05, 3.63) is 46.4 Å². The zero-order valence-electron chi connectivity index (χ0n) is 13.9. The van der Waals surface area contributed by atoms with Crippen molar-refractivity contribution in [2.24, 2.45) is 0 Å². The molecule has 0 unspecified atom stereocenters. The van der Waals surface area contributed by atoms with Crippen LogP contribution in [0.15, 0.2) is 45.3 Å². The summed E-state index contributed by atoms with van der Waals surface area (Å²) in [5, 5.41) is 0.815. The molecule has 0 fully saturated rings. The Balaban J connectivity index is 2.05. The van der Waals surface area contributed by atoms with Gasteiger partial charge in [0, 0.05) is 24.8 Å². The molecule has 0 atom stereocenters. The van der Waals surface area contributed by atoms with Gasteiger partial charge in [-0.3, -0.25) is 9.59 Å². The number of benzene rings is 2. The van der Waals surface area contributed by atoms with Crippen LogP contribution >= 0.6 is 15.9 Å². The van der Waals surface area contributed by atoms with Crippen LogP contribution in [0.4, 0.5) is 0 Å². The molecule has 0 aliphatic carbocycles.